The van der Waals surface area contributed by atoms with Crippen LogP contribution in [0.2, 0.25) is 0 Å². The molecule has 0 spiro atoms. The molecule has 1 aliphatic heterocycles. The molecule has 3 aromatic carbocycles. The second-order valence-corrected chi connectivity index (χ2v) is 9.81. The van der Waals surface area contributed by atoms with Crippen LogP contribution in [-0.2, 0) is 16.8 Å². The van der Waals surface area contributed by atoms with Crippen molar-refractivity contribution in [1.82, 2.24) is 30.8 Å². The van der Waals surface area contributed by atoms with E-state index >= 15 is 0 Å². The molecule has 1 aromatic heterocycles. The minimum Gasteiger partial charge on any atom is -0.355 e. The molecule has 0 fully saturated rings. The third kappa shape index (κ3) is 3.57. The van der Waals surface area contributed by atoms with Gasteiger partial charge in [0.05, 0.1) is 5.69 Å². The van der Waals surface area contributed by atoms with Crippen molar-refractivity contribution < 1.29 is 4.79 Å². The Kier molecular flexibility index (Phi) is 5.55. The number of para-hydroxylation sites is 1. The summed E-state index contributed by atoms with van der Waals surface area (Å²) in [6.07, 6.45) is 3.17. The van der Waals surface area contributed by atoms with E-state index in [9.17, 15) is 4.79 Å². The van der Waals surface area contributed by atoms with Crippen molar-refractivity contribution >= 4 is 18.0 Å². The maximum absolute atomic E-state index is 11.5. The number of carbonyl (C=O) groups is 1. The molecule has 3 N–H and O–H groups in total. The van der Waals surface area contributed by atoms with Crippen LogP contribution in [0.3, 0.4) is 0 Å². The van der Waals surface area contributed by atoms with Crippen molar-refractivity contribution in [1.29, 1.82) is 0 Å². The number of hydrogen-bond donors (Lipinski definition) is 3. The minimum atomic E-state index is -0.519. The average Bonchev–Trinajstić information content (AvgIpc) is 3.61. The quantitative estimate of drug-likeness (QED) is 0.353. The molecule has 2 aliphatic rings. The summed E-state index contributed by atoms with van der Waals surface area (Å²) in [7, 11) is 4.18. The van der Waals surface area contributed by atoms with Gasteiger partial charge in [-0.05, 0) is 48.8 Å². The molecule has 0 saturated carbocycles. The van der Waals surface area contributed by atoms with Gasteiger partial charge in [0.2, 0.25) is 12.4 Å². The summed E-state index contributed by atoms with van der Waals surface area (Å²) in [6, 6.07) is 25.7. The molecular weight excluding hydrogens is 450 g/mol. The lowest BCUT2D eigenvalue weighted by Gasteiger charge is -2.35. The van der Waals surface area contributed by atoms with Crippen molar-refractivity contribution in [2.75, 3.05) is 25.6 Å². The van der Waals surface area contributed by atoms with Crippen LogP contribution < -0.4 is 15.8 Å². The van der Waals surface area contributed by atoms with Crippen LogP contribution in [0, 0.1) is 0 Å². The minimum absolute atomic E-state index is 0.0227. The first kappa shape index (κ1) is 22.5. The van der Waals surface area contributed by atoms with Gasteiger partial charge in [0.25, 0.3) is 0 Å². The fraction of sp³-hybridized carbons (Fsp3) is 0.250. The maximum atomic E-state index is 11.5. The SMILES string of the molecule is CN(C)CC1(c2cccc(C3c4ccccc4CC3NC=O)c2)NN(c2ncn[nH]2)c2ccccc21. The lowest BCUT2D eigenvalue weighted by Crippen LogP contribution is -2.51. The first-order valence-electron chi connectivity index (χ1n) is 12.2. The number of hydrogen-bond acceptors (Lipinski definition) is 6. The third-order valence-electron chi connectivity index (χ3n) is 7.33. The molecule has 0 saturated heterocycles. The Bertz CT molecular complexity index is 1390. The normalized spacial score (nSPS) is 22.5. The second kappa shape index (κ2) is 8.89. The number of amides is 1. The van der Waals surface area contributed by atoms with E-state index in [4.69, 9.17) is 0 Å². The van der Waals surface area contributed by atoms with Crippen LogP contribution in [0.4, 0.5) is 11.6 Å². The standard InChI is InChI=1S/C28H29N7O/c1-34(2)16-28(23-12-5-6-13-25(23)35(33-28)27-29-17-31-32-27)21-10-7-9-20(14-21)26-22-11-4-3-8-19(22)15-24(26)30-18-36/h3-14,17-18,24,26,33H,15-16H2,1-2H3,(H,30,36)(H,29,31,32). The number of benzene rings is 3. The third-order valence-corrected chi connectivity index (χ3v) is 7.33. The highest BCUT2D eigenvalue weighted by Gasteiger charge is 2.46. The van der Waals surface area contributed by atoms with Crippen molar-refractivity contribution in [3.8, 4) is 0 Å². The Balaban J connectivity index is 1.49. The van der Waals surface area contributed by atoms with Crippen LogP contribution in [0.1, 0.15) is 33.7 Å². The van der Waals surface area contributed by atoms with E-state index in [-0.39, 0.29) is 12.0 Å². The van der Waals surface area contributed by atoms with Crippen LogP contribution in [0.25, 0.3) is 0 Å². The molecule has 3 unspecified atom stereocenters. The van der Waals surface area contributed by atoms with E-state index in [1.54, 1.807) is 0 Å². The topological polar surface area (TPSA) is 89.2 Å². The number of nitrogens with one attached hydrogen (secondary N) is 3. The van der Waals surface area contributed by atoms with Crippen LogP contribution >= 0.6 is 0 Å². The van der Waals surface area contributed by atoms with E-state index in [0.29, 0.717) is 5.95 Å². The lowest BCUT2D eigenvalue weighted by atomic mass is 9.80. The maximum Gasteiger partial charge on any atom is 0.240 e. The number of carbonyl (C=O) groups excluding carboxylic acids is 1. The average molecular weight is 480 g/mol. The summed E-state index contributed by atoms with van der Waals surface area (Å²) >= 11 is 0. The van der Waals surface area contributed by atoms with Gasteiger partial charge in [-0.1, -0.05) is 66.7 Å². The number of aromatic amines is 1. The summed E-state index contributed by atoms with van der Waals surface area (Å²) < 4.78 is 0. The van der Waals surface area contributed by atoms with Crippen molar-refractivity contribution in [3.63, 3.8) is 0 Å². The van der Waals surface area contributed by atoms with Gasteiger partial charge in [-0.15, -0.1) is 0 Å². The fourth-order valence-electron chi connectivity index (χ4n) is 5.97. The number of fused-ring (bicyclic) bond motifs is 2. The van der Waals surface area contributed by atoms with Gasteiger partial charge in [0.1, 0.15) is 11.9 Å². The molecule has 8 nitrogen and oxygen atoms in total. The predicted octanol–water partition coefficient (Wildman–Crippen LogP) is 3.07. The van der Waals surface area contributed by atoms with Crippen molar-refractivity contribution in [2.24, 2.45) is 0 Å². The van der Waals surface area contributed by atoms with Gasteiger partial charge in [-0.2, -0.15) is 10.1 Å². The van der Waals surface area contributed by atoms with Crippen LogP contribution in [0.5, 0.6) is 0 Å². The summed E-state index contributed by atoms with van der Waals surface area (Å²) in [5.41, 5.74) is 10.4. The van der Waals surface area contributed by atoms with E-state index in [1.807, 2.05) is 11.1 Å². The van der Waals surface area contributed by atoms with E-state index in [2.05, 4.69) is 112 Å². The Labute approximate surface area is 210 Å². The summed E-state index contributed by atoms with van der Waals surface area (Å²) in [5, 5.41) is 12.1. The fourth-order valence-corrected chi connectivity index (χ4v) is 5.97. The van der Waals surface area contributed by atoms with Crippen molar-refractivity contribution in [2.45, 2.75) is 23.9 Å². The monoisotopic (exact) mass is 479 g/mol. The molecule has 0 radical (unpaired) electrons. The molecule has 1 aliphatic carbocycles. The lowest BCUT2D eigenvalue weighted by molar-refractivity contribution is -0.110. The number of H-pyrrole nitrogens is 1. The molecule has 182 valence electrons. The second-order valence-electron chi connectivity index (χ2n) is 9.81. The number of nitrogens with zero attached hydrogens (tertiary/aromatic N) is 4. The number of aromatic nitrogens is 3. The Morgan fingerprint density at radius 2 is 1.94 bits per heavy atom. The Morgan fingerprint density at radius 1 is 1.11 bits per heavy atom. The predicted molar refractivity (Wildman–Crippen MR) is 139 cm³/mol. The zero-order chi connectivity index (χ0) is 24.7. The van der Waals surface area contributed by atoms with Gasteiger partial charge in [0, 0.05) is 24.1 Å². The zero-order valence-electron chi connectivity index (χ0n) is 20.3. The zero-order valence-corrected chi connectivity index (χ0v) is 20.3. The molecule has 1 amide bonds. The smallest absolute Gasteiger partial charge is 0.240 e. The molecule has 36 heavy (non-hydrogen) atoms. The van der Waals surface area contributed by atoms with Gasteiger partial charge in [-0.3, -0.25) is 4.79 Å². The Hall–Kier alpha value is -4.01. The molecular formula is C28H29N7O. The number of hydrazine groups is 1. The van der Waals surface area contributed by atoms with Crippen LogP contribution in [-0.4, -0.2) is 53.2 Å². The van der Waals surface area contributed by atoms with Gasteiger partial charge >= 0.3 is 0 Å². The van der Waals surface area contributed by atoms with Gasteiger partial charge in [0.15, 0.2) is 0 Å². The van der Waals surface area contributed by atoms with E-state index < -0.39 is 5.54 Å². The Morgan fingerprint density at radius 3 is 2.75 bits per heavy atom. The molecule has 6 rings (SSSR count). The first-order chi connectivity index (χ1) is 17.6. The number of likely N-dealkylation sites (N-methyl/N-ethyl adjacent to an activating group) is 1. The molecule has 8 heteroatoms. The molecule has 4 aromatic rings. The summed E-state index contributed by atoms with van der Waals surface area (Å²) in [5.74, 6) is 0.726. The van der Waals surface area contributed by atoms with Gasteiger partial charge < -0.3 is 10.2 Å². The summed E-state index contributed by atoms with van der Waals surface area (Å²) in [6.45, 7) is 0.732. The highest BCUT2D eigenvalue weighted by Crippen LogP contribution is 2.46. The molecule has 2 heterocycles. The molecule has 0 bridgehead atoms. The van der Waals surface area contributed by atoms with Gasteiger partial charge in [-0.25, -0.2) is 15.5 Å². The number of anilines is 2. The highest BCUT2D eigenvalue weighted by molar-refractivity contribution is 5.70. The highest BCUT2D eigenvalue weighted by atomic mass is 16.1. The van der Waals surface area contributed by atoms with E-state index in [1.165, 1.54) is 28.6 Å². The van der Waals surface area contributed by atoms with Crippen LogP contribution in [0.15, 0.2) is 79.1 Å². The van der Waals surface area contributed by atoms with E-state index in [0.717, 1.165) is 30.6 Å². The summed E-state index contributed by atoms with van der Waals surface area (Å²) in [4.78, 5) is 18.1. The number of rotatable bonds is 7. The first-order valence-corrected chi connectivity index (χ1v) is 12.2. The largest absolute Gasteiger partial charge is 0.355 e. The molecule has 3 atom stereocenters. The van der Waals surface area contributed by atoms with Crippen molar-refractivity contribution in [3.05, 3.63) is 107 Å².